The quantitative estimate of drug-likeness (QED) is 0.231. The van der Waals surface area contributed by atoms with Crippen LogP contribution in [0.3, 0.4) is 0 Å². The summed E-state index contributed by atoms with van der Waals surface area (Å²) in [6.07, 6.45) is -0.219. The average molecular weight is 541 g/mol. The first kappa shape index (κ1) is 26.6. The summed E-state index contributed by atoms with van der Waals surface area (Å²) in [6.45, 7) is 13.1. The van der Waals surface area contributed by atoms with Crippen LogP contribution in [0, 0.1) is 18.4 Å². The SMILES string of the molecule is Cc1c(S)cc(C#C[Si](C)(C)C)cc1CN1CCN(C(=O)OCC2c3ccccc3-c3ccccc32)CC1. The molecule has 3 aromatic carbocycles. The maximum atomic E-state index is 13.0. The van der Waals surface area contributed by atoms with E-state index in [1.54, 1.807) is 0 Å². The first-order valence-corrected chi connectivity index (χ1v) is 17.3. The number of carbonyl (C=O) groups excluding carboxylic acids is 1. The van der Waals surface area contributed by atoms with Gasteiger partial charge >= 0.3 is 6.09 Å². The summed E-state index contributed by atoms with van der Waals surface area (Å²) in [5.41, 5.74) is 11.9. The highest BCUT2D eigenvalue weighted by atomic mass is 32.1. The van der Waals surface area contributed by atoms with Crippen molar-refractivity contribution in [1.29, 1.82) is 0 Å². The summed E-state index contributed by atoms with van der Waals surface area (Å²) in [6, 6.07) is 21.2. The van der Waals surface area contributed by atoms with Gasteiger partial charge in [-0.15, -0.1) is 18.2 Å². The molecule has 0 spiro atoms. The van der Waals surface area contributed by atoms with E-state index in [-0.39, 0.29) is 12.0 Å². The fraction of sp³-hybridized carbons (Fsp3) is 0.344. The number of hydrogen-bond acceptors (Lipinski definition) is 4. The van der Waals surface area contributed by atoms with Crippen LogP contribution in [0.2, 0.25) is 19.6 Å². The van der Waals surface area contributed by atoms with Gasteiger partial charge in [-0.25, -0.2) is 4.79 Å². The monoisotopic (exact) mass is 540 g/mol. The van der Waals surface area contributed by atoms with Crippen molar-refractivity contribution in [2.45, 2.75) is 43.9 Å². The summed E-state index contributed by atoms with van der Waals surface area (Å²) in [7, 11) is -1.45. The van der Waals surface area contributed by atoms with Crippen molar-refractivity contribution in [2.75, 3.05) is 32.8 Å². The van der Waals surface area contributed by atoms with Crippen LogP contribution in [0.4, 0.5) is 4.79 Å². The van der Waals surface area contributed by atoms with Crippen molar-refractivity contribution in [3.8, 4) is 22.6 Å². The van der Waals surface area contributed by atoms with Gasteiger partial charge in [0.25, 0.3) is 0 Å². The highest BCUT2D eigenvalue weighted by Crippen LogP contribution is 2.44. The molecule has 38 heavy (non-hydrogen) atoms. The largest absolute Gasteiger partial charge is 0.448 e. The van der Waals surface area contributed by atoms with Gasteiger partial charge in [-0.2, -0.15) is 0 Å². The number of nitrogens with zero attached hydrogens (tertiary/aromatic N) is 2. The number of carbonyl (C=O) groups is 1. The van der Waals surface area contributed by atoms with E-state index < -0.39 is 8.07 Å². The third kappa shape index (κ3) is 5.86. The zero-order valence-corrected chi connectivity index (χ0v) is 24.6. The zero-order valence-electron chi connectivity index (χ0n) is 22.8. The standard InChI is InChI=1S/C32H36N2O2SSi/c1-23-25(19-24(20-31(23)37)13-18-38(2,3)4)21-33-14-16-34(17-15-33)32(35)36-22-30-28-11-7-5-9-26(28)27-10-6-8-12-29(27)30/h5-12,19-20,30,37H,14-17,21-22H2,1-4H3. The lowest BCUT2D eigenvalue weighted by Gasteiger charge is -2.34. The molecule has 0 saturated carbocycles. The van der Waals surface area contributed by atoms with Gasteiger partial charge in [0.05, 0.1) is 0 Å². The van der Waals surface area contributed by atoms with E-state index in [2.05, 4.69) is 104 Å². The molecule has 0 aromatic heterocycles. The molecule has 1 fully saturated rings. The molecule has 1 heterocycles. The first-order valence-electron chi connectivity index (χ1n) is 13.4. The zero-order chi connectivity index (χ0) is 26.9. The molecule has 1 aliphatic carbocycles. The summed E-state index contributed by atoms with van der Waals surface area (Å²) < 4.78 is 5.88. The van der Waals surface area contributed by atoms with E-state index in [1.807, 2.05) is 4.90 Å². The van der Waals surface area contributed by atoms with Crippen LogP contribution >= 0.6 is 12.6 Å². The molecule has 1 saturated heterocycles. The first-order chi connectivity index (χ1) is 18.2. The lowest BCUT2D eigenvalue weighted by molar-refractivity contribution is 0.0728. The number of amides is 1. The van der Waals surface area contributed by atoms with Gasteiger partial charge in [-0.3, -0.25) is 4.90 Å². The predicted octanol–water partition coefficient (Wildman–Crippen LogP) is 6.58. The number of rotatable bonds is 4. The van der Waals surface area contributed by atoms with Gasteiger partial charge in [0.15, 0.2) is 0 Å². The normalized spacial score (nSPS) is 15.4. The molecule has 196 valence electrons. The van der Waals surface area contributed by atoms with Crippen molar-refractivity contribution in [2.24, 2.45) is 0 Å². The Morgan fingerprint density at radius 2 is 1.58 bits per heavy atom. The van der Waals surface area contributed by atoms with Gasteiger partial charge in [0.1, 0.15) is 14.7 Å². The maximum absolute atomic E-state index is 13.0. The number of fused-ring (bicyclic) bond motifs is 3. The molecular formula is C32H36N2O2SSi. The molecule has 6 heteroatoms. The van der Waals surface area contributed by atoms with E-state index >= 15 is 0 Å². The summed E-state index contributed by atoms with van der Waals surface area (Å²) in [5.74, 6) is 3.46. The average Bonchev–Trinajstić information content (AvgIpc) is 3.22. The van der Waals surface area contributed by atoms with Crippen molar-refractivity contribution in [3.63, 3.8) is 0 Å². The van der Waals surface area contributed by atoms with Crippen LogP contribution in [0.1, 0.15) is 33.7 Å². The molecule has 2 aliphatic rings. The van der Waals surface area contributed by atoms with Crippen molar-refractivity contribution in [3.05, 3.63) is 88.5 Å². The van der Waals surface area contributed by atoms with Gasteiger partial charge < -0.3 is 9.64 Å². The van der Waals surface area contributed by atoms with Crippen LogP contribution in [-0.4, -0.2) is 56.8 Å². The van der Waals surface area contributed by atoms with Gasteiger partial charge in [-0.05, 0) is 52.4 Å². The Balaban J connectivity index is 1.18. The molecule has 1 aliphatic heterocycles. The molecule has 0 atom stereocenters. The van der Waals surface area contributed by atoms with Crippen LogP contribution in [-0.2, 0) is 11.3 Å². The molecule has 0 bridgehead atoms. The molecule has 3 aromatic rings. The Morgan fingerprint density at radius 1 is 0.974 bits per heavy atom. The minimum absolute atomic E-state index is 0.0855. The number of thiol groups is 1. The lowest BCUT2D eigenvalue weighted by atomic mass is 9.98. The predicted molar refractivity (Wildman–Crippen MR) is 161 cm³/mol. The van der Waals surface area contributed by atoms with E-state index in [0.717, 1.165) is 30.1 Å². The third-order valence-electron chi connectivity index (χ3n) is 7.43. The van der Waals surface area contributed by atoms with E-state index in [1.165, 1.54) is 33.4 Å². The summed E-state index contributed by atoms with van der Waals surface area (Å²) >= 11 is 4.71. The Labute approximate surface area is 233 Å². The molecule has 5 rings (SSSR count). The summed E-state index contributed by atoms with van der Waals surface area (Å²) in [5, 5.41) is 0. The van der Waals surface area contributed by atoms with Crippen LogP contribution in [0.15, 0.2) is 65.6 Å². The van der Waals surface area contributed by atoms with Crippen molar-refractivity contribution >= 4 is 26.8 Å². The van der Waals surface area contributed by atoms with Gasteiger partial charge in [-0.1, -0.05) is 74.1 Å². The lowest BCUT2D eigenvalue weighted by Crippen LogP contribution is -2.48. The van der Waals surface area contributed by atoms with E-state index in [4.69, 9.17) is 17.4 Å². The van der Waals surface area contributed by atoms with E-state index in [0.29, 0.717) is 19.7 Å². The second kappa shape index (κ2) is 11.0. The second-order valence-corrected chi connectivity index (χ2v) is 16.6. The second-order valence-electron chi connectivity index (χ2n) is 11.3. The van der Waals surface area contributed by atoms with E-state index in [9.17, 15) is 4.79 Å². The highest BCUT2D eigenvalue weighted by molar-refractivity contribution is 7.80. The molecule has 1 amide bonds. The molecule has 4 nitrogen and oxygen atoms in total. The van der Waals surface area contributed by atoms with Crippen LogP contribution in [0.25, 0.3) is 11.1 Å². The fourth-order valence-electron chi connectivity index (χ4n) is 5.27. The third-order valence-corrected chi connectivity index (χ3v) is 8.77. The Kier molecular flexibility index (Phi) is 7.72. The fourth-order valence-corrected chi connectivity index (χ4v) is 6.07. The van der Waals surface area contributed by atoms with Crippen LogP contribution in [0.5, 0.6) is 0 Å². The molecule has 0 unspecified atom stereocenters. The number of benzene rings is 3. The number of piperazine rings is 1. The Bertz CT molecular complexity index is 1370. The maximum Gasteiger partial charge on any atom is 0.409 e. The van der Waals surface area contributed by atoms with Crippen LogP contribution < -0.4 is 0 Å². The topological polar surface area (TPSA) is 32.8 Å². The molecule has 0 radical (unpaired) electrons. The number of hydrogen-bond donors (Lipinski definition) is 1. The Morgan fingerprint density at radius 3 is 2.18 bits per heavy atom. The minimum atomic E-state index is -1.45. The van der Waals surface area contributed by atoms with Gasteiger partial charge in [0, 0.05) is 49.1 Å². The van der Waals surface area contributed by atoms with Gasteiger partial charge in [0.2, 0.25) is 0 Å². The number of ether oxygens (including phenoxy) is 1. The smallest absolute Gasteiger partial charge is 0.409 e. The van der Waals surface area contributed by atoms with Crippen molar-refractivity contribution in [1.82, 2.24) is 9.80 Å². The molecular weight excluding hydrogens is 505 g/mol. The summed E-state index contributed by atoms with van der Waals surface area (Å²) in [4.78, 5) is 18.2. The highest BCUT2D eigenvalue weighted by Gasteiger charge is 2.30. The van der Waals surface area contributed by atoms with Crippen molar-refractivity contribution < 1.29 is 9.53 Å². The Hall–Kier alpha value is -2.98. The minimum Gasteiger partial charge on any atom is -0.448 e. The molecule has 0 N–H and O–H groups in total.